The maximum Gasteiger partial charge on any atom is 2.00 e. The molecular formula is ClF6PRa. The third-order valence-corrected chi connectivity index (χ3v) is 0. The molecule has 56 valence electrons. The van der Waals surface area contributed by atoms with Crippen LogP contribution in [0.3, 0.4) is 0 Å². The van der Waals surface area contributed by atoms with Gasteiger partial charge in [0.1, 0.15) is 0 Å². The van der Waals surface area contributed by atoms with Crippen molar-refractivity contribution >= 4 is 7.81 Å². The van der Waals surface area contributed by atoms with Gasteiger partial charge in [0, 0.05) is 0 Å². The van der Waals surface area contributed by atoms with E-state index in [1.165, 1.54) is 0 Å². The Hall–Kier alpha value is 1.77. The van der Waals surface area contributed by atoms with Crippen molar-refractivity contribution in [3.05, 3.63) is 0 Å². The Morgan fingerprint density at radius 1 is 0.667 bits per heavy atom. The summed E-state index contributed by atoms with van der Waals surface area (Å²) < 4.78 is 59.2. The first-order chi connectivity index (χ1) is 2.45. The van der Waals surface area contributed by atoms with Gasteiger partial charge in [-0.2, -0.15) is 0 Å². The van der Waals surface area contributed by atoms with E-state index in [0.717, 1.165) is 0 Å². The zero-order valence-electron chi connectivity index (χ0n) is 3.80. The second-order valence-electron chi connectivity index (χ2n) is 0.958. The van der Waals surface area contributed by atoms with Crippen LogP contribution < -0.4 is 12.4 Å². The molecule has 0 spiro atoms. The molecule has 0 nitrogen and oxygen atoms in total. The summed E-state index contributed by atoms with van der Waals surface area (Å²) in [5.74, 6) is 0. The van der Waals surface area contributed by atoms with Gasteiger partial charge >= 0.3 is 78.0 Å². The maximum absolute atomic E-state index is 10.7. The molecule has 0 atom stereocenters. The van der Waals surface area contributed by atoms with Crippen molar-refractivity contribution in [1.82, 2.24) is 0 Å². The predicted octanol–water partition coefficient (Wildman–Crippen LogP) is 0.386. The van der Waals surface area contributed by atoms with Gasteiger partial charge in [-0.25, -0.2) is 0 Å². The first-order valence-electron chi connectivity index (χ1n) is 1.01. The first kappa shape index (κ1) is 17.0. The Balaban J connectivity index is -0.000000180. The van der Waals surface area contributed by atoms with E-state index in [-0.39, 0.29) is 57.4 Å². The summed E-state index contributed by atoms with van der Waals surface area (Å²) in [4.78, 5) is 0. The molecule has 9 heavy (non-hydrogen) atoms. The average molecular weight is 406 g/mol. The van der Waals surface area contributed by atoms with Gasteiger partial charge < -0.3 is 12.4 Å². The SMILES string of the molecule is F[P-](F)(F)(F)(F)F.[Cl-].[Ra+2]. The van der Waals surface area contributed by atoms with Gasteiger partial charge in [0.25, 0.3) is 0 Å². The molecule has 9 heteroatoms. The molecule has 0 aromatic rings. The van der Waals surface area contributed by atoms with Crippen LogP contribution in [0.25, 0.3) is 0 Å². The van der Waals surface area contributed by atoms with E-state index < -0.39 is 7.81 Å². The second kappa shape index (κ2) is 2.67. The molecule has 0 aliphatic carbocycles. The molecule has 0 fully saturated rings. The summed E-state index contributed by atoms with van der Waals surface area (Å²) in [6, 6.07) is 0. The molecule has 0 bridgehead atoms. The van der Waals surface area contributed by atoms with Gasteiger partial charge in [-0.1, -0.05) is 0 Å². The third kappa shape index (κ3) is 189. The molecule has 0 aromatic heterocycles. The van der Waals surface area contributed by atoms with Gasteiger partial charge in [-0.15, -0.1) is 0 Å². The van der Waals surface area contributed by atoms with Crippen LogP contribution in [-0.4, -0.2) is 0 Å². The van der Waals surface area contributed by atoms with Crippen LogP contribution in [-0.2, 0) is 0 Å². The molecule has 0 saturated carbocycles. The zero-order valence-corrected chi connectivity index (χ0v) is 11.3. The molecule has 0 N–H and O–H groups in total. The normalized spacial score (nSPS) is 18.0. The minimum Gasteiger partial charge on any atom is -1.00 e. The van der Waals surface area contributed by atoms with Gasteiger partial charge in [0.2, 0.25) is 0 Å². The van der Waals surface area contributed by atoms with Crippen molar-refractivity contribution in [2.75, 3.05) is 0 Å². The van der Waals surface area contributed by atoms with Crippen molar-refractivity contribution in [2.45, 2.75) is 0 Å². The predicted molar refractivity (Wildman–Crippen MR) is 13.6 cm³/mol. The minimum atomic E-state index is -10.7. The van der Waals surface area contributed by atoms with Crippen LogP contribution in [0.2, 0.25) is 0 Å². The third-order valence-electron chi connectivity index (χ3n) is 0. The van der Waals surface area contributed by atoms with Crippen LogP contribution in [0.4, 0.5) is 25.2 Å². The van der Waals surface area contributed by atoms with Crippen molar-refractivity contribution < 1.29 is 82.6 Å². The Kier molecular flexibility index (Phi) is 5.05. The molecule has 0 unspecified atom stereocenters. The Bertz CT molecular complexity index is 71.6. The summed E-state index contributed by atoms with van der Waals surface area (Å²) in [6.45, 7) is 0. The van der Waals surface area contributed by atoms with Crippen LogP contribution in [0, 0.1) is 45.0 Å². The monoisotopic (exact) mass is 406 g/mol. The summed E-state index contributed by atoms with van der Waals surface area (Å²) in [5.41, 5.74) is 0. The number of rotatable bonds is 0. The Labute approximate surface area is 89.5 Å². The zero-order chi connectivity index (χ0) is 6.41. The largest absolute Gasteiger partial charge is 2.00 e. The molecule has 0 saturated heterocycles. The fourth-order valence-electron chi connectivity index (χ4n) is 0. The maximum atomic E-state index is 9.87. The topological polar surface area (TPSA) is 0 Å². The molecule has 0 aliphatic heterocycles. The van der Waals surface area contributed by atoms with E-state index >= 15 is 0 Å². The molecule has 0 amide bonds. The summed E-state index contributed by atoms with van der Waals surface area (Å²) in [5, 5.41) is 0. The van der Waals surface area contributed by atoms with E-state index in [1.807, 2.05) is 0 Å². The number of hydrogen-bond donors (Lipinski definition) is 0. The number of hydrogen-bond acceptors (Lipinski definition) is 0. The first-order valence-corrected chi connectivity index (χ1v) is 3.04. The van der Waals surface area contributed by atoms with Crippen molar-refractivity contribution in [2.24, 2.45) is 0 Å². The van der Waals surface area contributed by atoms with Crippen molar-refractivity contribution in [1.29, 1.82) is 0 Å². The van der Waals surface area contributed by atoms with Gasteiger partial charge in [0.05, 0.1) is 0 Å². The van der Waals surface area contributed by atoms with E-state index in [2.05, 4.69) is 0 Å². The van der Waals surface area contributed by atoms with E-state index in [9.17, 15) is 25.2 Å². The van der Waals surface area contributed by atoms with Crippen LogP contribution >= 0.6 is 7.81 Å². The molecular weight excluding hydrogens is 406 g/mol. The van der Waals surface area contributed by atoms with E-state index in [0.29, 0.717) is 0 Å². The van der Waals surface area contributed by atoms with Crippen LogP contribution in [0.15, 0.2) is 0 Å². The fourth-order valence-corrected chi connectivity index (χ4v) is 0. The van der Waals surface area contributed by atoms with Crippen LogP contribution in [0.5, 0.6) is 0 Å². The van der Waals surface area contributed by atoms with E-state index in [1.54, 1.807) is 0 Å². The average Bonchev–Trinajstić information content (AvgIpc) is 0.592. The number of halogens is 7. The molecule has 0 heterocycles. The van der Waals surface area contributed by atoms with Gasteiger partial charge in [-0.3, -0.25) is 0 Å². The summed E-state index contributed by atoms with van der Waals surface area (Å²) in [7, 11) is -10.7. The molecule has 0 radical (unpaired) electrons. The smallest absolute Gasteiger partial charge is 1.00 e. The van der Waals surface area contributed by atoms with Crippen molar-refractivity contribution in [3.63, 3.8) is 0 Å². The van der Waals surface area contributed by atoms with Gasteiger partial charge in [0.15, 0.2) is 0 Å². The van der Waals surface area contributed by atoms with Crippen molar-refractivity contribution in [3.8, 4) is 0 Å². The van der Waals surface area contributed by atoms with Crippen LogP contribution in [0.1, 0.15) is 0 Å². The second-order valence-corrected chi connectivity index (χ2v) is 2.87. The minimum absolute atomic E-state index is 0. The summed E-state index contributed by atoms with van der Waals surface area (Å²) in [6.07, 6.45) is 0. The molecule has 0 rings (SSSR count). The molecule has 0 aromatic carbocycles. The van der Waals surface area contributed by atoms with E-state index in [4.69, 9.17) is 0 Å². The molecule has 0 aliphatic rings. The summed E-state index contributed by atoms with van der Waals surface area (Å²) >= 11 is 0. The quantitative estimate of drug-likeness (QED) is 0.403. The Morgan fingerprint density at radius 3 is 0.667 bits per heavy atom. The fraction of sp³-hybridized carbons (Fsp3) is 0. The van der Waals surface area contributed by atoms with Gasteiger partial charge in [-0.05, 0) is 0 Å². The standard InChI is InChI=1S/ClH.F6P.Ra/c;1-7(2,3,4,5)6;/h1H;;/q;-1;+2/p-1. The Morgan fingerprint density at radius 2 is 0.667 bits per heavy atom.